The van der Waals surface area contributed by atoms with Crippen molar-refractivity contribution in [3.05, 3.63) is 120 Å². The highest BCUT2D eigenvalue weighted by Gasteiger charge is 2.12. The Morgan fingerprint density at radius 2 is 0.973 bits per heavy atom. The Labute approximate surface area is 215 Å². The molecule has 0 heterocycles. The molecule has 188 valence electrons. The topological polar surface area (TPSA) is 80.3 Å². The van der Waals surface area contributed by atoms with Crippen LogP contribution < -0.4 is 18.9 Å². The van der Waals surface area contributed by atoms with Gasteiger partial charge in [0.2, 0.25) is 0 Å². The number of rotatable bonds is 12. The number of esters is 2. The Morgan fingerprint density at radius 3 is 1.57 bits per heavy atom. The maximum Gasteiger partial charge on any atom is 0.343 e. The van der Waals surface area contributed by atoms with Gasteiger partial charge in [-0.15, -0.1) is 0 Å². The van der Waals surface area contributed by atoms with Crippen LogP contribution in [0.4, 0.5) is 0 Å². The molecule has 37 heavy (non-hydrogen) atoms. The monoisotopic (exact) mass is 498 g/mol. The summed E-state index contributed by atoms with van der Waals surface area (Å²) >= 11 is 0. The quantitative estimate of drug-likeness (QED) is 0.143. The average Bonchev–Trinajstić information content (AvgIpc) is 2.95. The molecule has 0 aliphatic carbocycles. The van der Waals surface area contributed by atoms with Crippen LogP contribution in [0.15, 0.2) is 109 Å². The summed E-state index contributed by atoms with van der Waals surface area (Å²) in [6, 6.07) is 31.6. The minimum absolute atomic E-state index is 0.0878. The van der Waals surface area contributed by atoms with Crippen LogP contribution in [0.5, 0.6) is 23.0 Å². The molecule has 4 aromatic rings. The van der Waals surface area contributed by atoms with E-state index in [1.54, 1.807) is 42.5 Å². The average molecular weight is 499 g/mol. The first-order chi connectivity index (χ1) is 18.2. The molecular weight excluding hydrogens is 472 g/mol. The molecule has 7 heteroatoms. The van der Waals surface area contributed by atoms with Gasteiger partial charge in [0, 0.05) is 0 Å². The van der Waals surface area contributed by atoms with Crippen molar-refractivity contribution in [2.24, 2.45) is 0 Å². The molecule has 4 rings (SSSR count). The van der Waals surface area contributed by atoms with Gasteiger partial charge in [-0.25, -0.2) is 9.59 Å². The fourth-order valence-corrected chi connectivity index (χ4v) is 3.27. The lowest BCUT2D eigenvalue weighted by Crippen LogP contribution is -2.13. The van der Waals surface area contributed by atoms with E-state index in [4.69, 9.17) is 23.7 Å². The number of para-hydroxylation sites is 2. The van der Waals surface area contributed by atoms with Crippen molar-refractivity contribution in [1.82, 2.24) is 0 Å². The van der Waals surface area contributed by atoms with Crippen molar-refractivity contribution in [3.63, 3.8) is 0 Å². The molecule has 4 aromatic carbocycles. The number of ether oxygens (including phenoxy) is 5. The first kappa shape index (κ1) is 25.3. The smallest absolute Gasteiger partial charge is 0.343 e. The summed E-state index contributed by atoms with van der Waals surface area (Å²) < 4.78 is 27.4. The second-order valence-electron chi connectivity index (χ2n) is 7.75. The summed E-state index contributed by atoms with van der Waals surface area (Å²) in [5.74, 6) is 1.23. The van der Waals surface area contributed by atoms with Gasteiger partial charge >= 0.3 is 11.9 Å². The van der Waals surface area contributed by atoms with E-state index in [1.165, 1.54) is 6.07 Å². The molecule has 0 amide bonds. The summed E-state index contributed by atoms with van der Waals surface area (Å²) in [4.78, 5) is 24.9. The number of hydrogen-bond acceptors (Lipinski definition) is 7. The Bertz CT molecular complexity index is 1270. The van der Waals surface area contributed by atoms with Crippen LogP contribution in [0.3, 0.4) is 0 Å². The van der Waals surface area contributed by atoms with E-state index in [0.29, 0.717) is 30.3 Å². The van der Waals surface area contributed by atoms with E-state index in [9.17, 15) is 9.59 Å². The molecule has 0 saturated carbocycles. The number of benzene rings is 4. The Balaban J connectivity index is 1.21. The van der Waals surface area contributed by atoms with Crippen LogP contribution in [-0.4, -0.2) is 38.4 Å². The first-order valence-electron chi connectivity index (χ1n) is 11.8. The molecule has 0 fully saturated rings. The predicted molar refractivity (Wildman–Crippen MR) is 137 cm³/mol. The zero-order chi connectivity index (χ0) is 25.7. The molecule has 0 N–H and O–H groups in total. The predicted octanol–water partition coefficient (Wildman–Crippen LogP) is 5.60. The lowest BCUT2D eigenvalue weighted by atomic mass is 10.2. The van der Waals surface area contributed by atoms with Crippen molar-refractivity contribution in [1.29, 1.82) is 0 Å². The van der Waals surface area contributed by atoms with Crippen molar-refractivity contribution in [2.75, 3.05) is 26.4 Å². The molecule has 7 nitrogen and oxygen atoms in total. The largest absolute Gasteiger partial charge is 0.490 e. The summed E-state index contributed by atoms with van der Waals surface area (Å²) in [5.41, 5.74) is 0.616. The van der Waals surface area contributed by atoms with Crippen LogP contribution >= 0.6 is 0 Å². The molecule has 0 unspecified atom stereocenters. The van der Waals surface area contributed by atoms with Crippen LogP contribution in [0.25, 0.3) is 0 Å². The van der Waals surface area contributed by atoms with E-state index >= 15 is 0 Å². The van der Waals surface area contributed by atoms with Gasteiger partial charge in [-0.05, 0) is 66.7 Å². The normalized spacial score (nSPS) is 10.3. The van der Waals surface area contributed by atoms with Crippen LogP contribution in [-0.2, 0) is 4.74 Å². The molecule has 0 radical (unpaired) electrons. The van der Waals surface area contributed by atoms with E-state index in [2.05, 4.69) is 0 Å². The molecule has 0 aliphatic rings. The Morgan fingerprint density at radius 1 is 0.459 bits per heavy atom. The minimum Gasteiger partial charge on any atom is -0.490 e. The first-order valence-corrected chi connectivity index (χ1v) is 11.8. The Hall–Kier alpha value is -4.78. The van der Waals surface area contributed by atoms with Crippen molar-refractivity contribution in [2.45, 2.75) is 0 Å². The van der Waals surface area contributed by atoms with E-state index in [1.807, 2.05) is 60.7 Å². The Kier molecular flexibility index (Phi) is 9.13. The summed E-state index contributed by atoms with van der Waals surface area (Å²) in [5, 5.41) is 0. The second kappa shape index (κ2) is 13.3. The summed E-state index contributed by atoms with van der Waals surface area (Å²) in [7, 11) is 0. The fraction of sp³-hybridized carbons (Fsp3) is 0.133. The fourth-order valence-electron chi connectivity index (χ4n) is 3.27. The molecular formula is C30H26O7. The zero-order valence-corrected chi connectivity index (χ0v) is 20.1. The van der Waals surface area contributed by atoms with E-state index in [-0.39, 0.29) is 24.5 Å². The van der Waals surface area contributed by atoms with Crippen LogP contribution in [0, 0.1) is 0 Å². The third kappa shape index (κ3) is 8.14. The van der Waals surface area contributed by atoms with Gasteiger partial charge in [0.1, 0.15) is 49.4 Å². The number of carbonyl (C=O) groups excluding carboxylic acids is 2. The zero-order valence-electron chi connectivity index (χ0n) is 20.1. The van der Waals surface area contributed by atoms with Crippen LogP contribution in [0.1, 0.15) is 20.7 Å². The third-order valence-corrected chi connectivity index (χ3v) is 5.06. The van der Waals surface area contributed by atoms with Crippen molar-refractivity contribution >= 4 is 11.9 Å². The highest BCUT2D eigenvalue weighted by atomic mass is 16.6. The van der Waals surface area contributed by atoms with Crippen LogP contribution in [0.2, 0.25) is 0 Å². The van der Waals surface area contributed by atoms with Gasteiger partial charge < -0.3 is 23.7 Å². The second-order valence-corrected chi connectivity index (χ2v) is 7.75. The van der Waals surface area contributed by atoms with E-state index < -0.39 is 11.9 Å². The van der Waals surface area contributed by atoms with E-state index in [0.717, 1.165) is 5.75 Å². The summed E-state index contributed by atoms with van der Waals surface area (Å²) in [6.45, 7) is 1.07. The van der Waals surface area contributed by atoms with Gasteiger partial charge in [-0.3, -0.25) is 0 Å². The molecule has 0 aromatic heterocycles. The minimum atomic E-state index is -0.555. The summed E-state index contributed by atoms with van der Waals surface area (Å²) in [6.07, 6.45) is 0. The standard InChI is InChI=1S/C30H26O7/c31-29(36-21-20-34-26-11-5-2-6-12-26)24-8-7-13-28(22-24)37-30(32)23-14-16-27(17-15-23)35-19-18-33-25-9-3-1-4-10-25/h1-17,22H,18-21H2. The maximum atomic E-state index is 12.6. The van der Waals surface area contributed by atoms with Gasteiger partial charge in [0.25, 0.3) is 0 Å². The van der Waals surface area contributed by atoms with Crippen molar-refractivity contribution in [3.8, 4) is 23.0 Å². The third-order valence-electron chi connectivity index (χ3n) is 5.06. The number of hydrogen-bond donors (Lipinski definition) is 0. The molecule has 0 bridgehead atoms. The highest BCUT2D eigenvalue weighted by Crippen LogP contribution is 2.18. The lowest BCUT2D eigenvalue weighted by Gasteiger charge is -2.10. The van der Waals surface area contributed by atoms with Gasteiger partial charge in [-0.2, -0.15) is 0 Å². The maximum absolute atomic E-state index is 12.6. The van der Waals surface area contributed by atoms with Gasteiger partial charge in [-0.1, -0.05) is 42.5 Å². The lowest BCUT2D eigenvalue weighted by molar-refractivity contribution is 0.0449. The van der Waals surface area contributed by atoms with Crippen molar-refractivity contribution < 1.29 is 33.3 Å². The van der Waals surface area contributed by atoms with Gasteiger partial charge in [0.05, 0.1) is 11.1 Å². The highest BCUT2D eigenvalue weighted by molar-refractivity contribution is 5.92. The molecule has 0 atom stereocenters. The van der Waals surface area contributed by atoms with Gasteiger partial charge in [0.15, 0.2) is 0 Å². The molecule has 0 spiro atoms. The molecule has 0 saturated heterocycles. The molecule has 0 aliphatic heterocycles. The number of carbonyl (C=O) groups is 2. The SMILES string of the molecule is O=C(OCCOc1ccccc1)c1cccc(OC(=O)c2ccc(OCCOc3ccccc3)cc2)c1.